The summed E-state index contributed by atoms with van der Waals surface area (Å²) in [4.78, 5) is 7.71. The standard InChI is InChI=1S/C15H32N4/c1-12(2)15-11-19(13(3)8-16-15)10-14-9-17(4)6-7-18(14)5/h12-16H,6-11H2,1-5H3. The topological polar surface area (TPSA) is 21.8 Å². The smallest absolute Gasteiger partial charge is 0.0347 e. The van der Waals surface area contributed by atoms with Crippen LogP contribution >= 0.6 is 0 Å². The molecule has 0 bridgehead atoms. The van der Waals surface area contributed by atoms with Crippen molar-refractivity contribution < 1.29 is 0 Å². The van der Waals surface area contributed by atoms with Crippen molar-refractivity contribution in [2.24, 2.45) is 5.92 Å². The number of nitrogens with zero attached hydrogens (tertiary/aromatic N) is 3. The Bertz CT molecular complexity index is 281. The van der Waals surface area contributed by atoms with E-state index < -0.39 is 0 Å². The van der Waals surface area contributed by atoms with E-state index >= 15 is 0 Å². The molecule has 0 amide bonds. The summed E-state index contributed by atoms with van der Waals surface area (Å²) in [5, 5.41) is 3.69. The number of hydrogen-bond acceptors (Lipinski definition) is 4. The highest BCUT2D eigenvalue weighted by atomic mass is 15.3. The molecule has 0 radical (unpaired) electrons. The molecule has 112 valence electrons. The molecule has 2 rings (SSSR count). The second-order valence-electron chi connectivity index (χ2n) is 6.96. The van der Waals surface area contributed by atoms with E-state index in [-0.39, 0.29) is 0 Å². The van der Waals surface area contributed by atoms with Crippen molar-refractivity contribution in [1.82, 2.24) is 20.0 Å². The van der Waals surface area contributed by atoms with Crippen LogP contribution in [-0.4, -0.2) is 86.2 Å². The van der Waals surface area contributed by atoms with Crippen LogP contribution in [0.2, 0.25) is 0 Å². The molecule has 4 heteroatoms. The molecule has 0 saturated carbocycles. The fraction of sp³-hybridized carbons (Fsp3) is 1.00. The Hall–Kier alpha value is -0.160. The van der Waals surface area contributed by atoms with E-state index in [2.05, 4.69) is 54.9 Å². The normalized spacial score (nSPS) is 36.0. The Kier molecular flexibility index (Phi) is 5.23. The van der Waals surface area contributed by atoms with Gasteiger partial charge < -0.3 is 10.2 Å². The number of rotatable bonds is 3. The van der Waals surface area contributed by atoms with Gasteiger partial charge in [0.1, 0.15) is 0 Å². The average Bonchev–Trinajstić information content (AvgIpc) is 2.36. The first-order chi connectivity index (χ1) is 8.97. The van der Waals surface area contributed by atoms with Gasteiger partial charge in [-0.1, -0.05) is 13.8 Å². The third kappa shape index (κ3) is 3.91. The summed E-state index contributed by atoms with van der Waals surface area (Å²) in [6, 6.07) is 2.01. The molecule has 19 heavy (non-hydrogen) atoms. The van der Waals surface area contributed by atoms with Crippen LogP contribution in [0.3, 0.4) is 0 Å². The second kappa shape index (κ2) is 6.53. The Morgan fingerprint density at radius 3 is 2.58 bits per heavy atom. The van der Waals surface area contributed by atoms with E-state index in [9.17, 15) is 0 Å². The maximum absolute atomic E-state index is 3.69. The molecule has 0 aromatic rings. The second-order valence-corrected chi connectivity index (χ2v) is 6.96. The highest BCUT2D eigenvalue weighted by Gasteiger charge is 2.31. The first-order valence-electron chi connectivity index (χ1n) is 7.83. The number of nitrogens with one attached hydrogen (secondary N) is 1. The first-order valence-corrected chi connectivity index (χ1v) is 7.83. The minimum Gasteiger partial charge on any atom is -0.311 e. The van der Waals surface area contributed by atoms with Gasteiger partial charge in [-0.15, -0.1) is 0 Å². The zero-order valence-electron chi connectivity index (χ0n) is 13.4. The molecule has 2 heterocycles. The molecule has 0 aliphatic carbocycles. The summed E-state index contributed by atoms with van der Waals surface area (Å²) in [6.45, 7) is 14.2. The Morgan fingerprint density at radius 1 is 1.16 bits per heavy atom. The molecule has 0 aromatic heterocycles. The third-order valence-electron chi connectivity index (χ3n) is 4.96. The van der Waals surface area contributed by atoms with Crippen LogP contribution in [-0.2, 0) is 0 Å². The summed E-state index contributed by atoms with van der Waals surface area (Å²) in [6.07, 6.45) is 0. The van der Waals surface area contributed by atoms with Crippen LogP contribution in [0.1, 0.15) is 20.8 Å². The van der Waals surface area contributed by atoms with Crippen molar-refractivity contribution in [2.75, 3.05) is 53.4 Å². The van der Waals surface area contributed by atoms with E-state index in [1.807, 2.05) is 0 Å². The minimum absolute atomic E-state index is 0.655. The molecule has 0 spiro atoms. The van der Waals surface area contributed by atoms with E-state index in [0.717, 1.165) is 12.5 Å². The van der Waals surface area contributed by atoms with E-state index in [1.54, 1.807) is 0 Å². The lowest BCUT2D eigenvalue weighted by atomic mass is 9.99. The molecule has 1 N–H and O–H groups in total. The molecule has 2 aliphatic rings. The van der Waals surface area contributed by atoms with Gasteiger partial charge in [-0.25, -0.2) is 0 Å². The zero-order chi connectivity index (χ0) is 14.0. The maximum Gasteiger partial charge on any atom is 0.0347 e. The van der Waals surface area contributed by atoms with Crippen LogP contribution < -0.4 is 5.32 Å². The molecule has 3 unspecified atom stereocenters. The highest BCUT2D eigenvalue weighted by Crippen LogP contribution is 2.15. The molecule has 2 saturated heterocycles. The van der Waals surface area contributed by atoms with Crippen molar-refractivity contribution in [1.29, 1.82) is 0 Å². The monoisotopic (exact) mass is 268 g/mol. The van der Waals surface area contributed by atoms with Crippen molar-refractivity contribution >= 4 is 0 Å². The summed E-state index contributed by atoms with van der Waals surface area (Å²) >= 11 is 0. The fourth-order valence-electron chi connectivity index (χ4n) is 3.22. The molecule has 0 aromatic carbocycles. The van der Waals surface area contributed by atoms with Crippen LogP contribution in [0.4, 0.5) is 0 Å². The van der Waals surface area contributed by atoms with Crippen molar-refractivity contribution in [2.45, 2.75) is 38.9 Å². The van der Waals surface area contributed by atoms with Gasteiger partial charge in [0, 0.05) is 57.4 Å². The lowest BCUT2D eigenvalue weighted by Gasteiger charge is -2.45. The van der Waals surface area contributed by atoms with Gasteiger partial charge in [-0.05, 0) is 26.9 Å². The van der Waals surface area contributed by atoms with Gasteiger partial charge in [0.2, 0.25) is 0 Å². The fourth-order valence-corrected chi connectivity index (χ4v) is 3.22. The highest BCUT2D eigenvalue weighted by molar-refractivity contribution is 4.89. The molecule has 2 fully saturated rings. The first kappa shape index (κ1) is 15.2. The van der Waals surface area contributed by atoms with E-state index in [1.165, 1.54) is 32.7 Å². The van der Waals surface area contributed by atoms with Crippen molar-refractivity contribution in [3.63, 3.8) is 0 Å². The van der Waals surface area contributed by atoms with Crippen molar-refractivity contribution in [3.05, 3.63) is 0 Å². The van der Waals surface area contributed by atoms with Gasteiger partial charge >= 0.3 is 0 Å². The zero-order valence-corrected chi connectivity index (χ0v) is 13.4. The van der Waals surface area contributed by atoms with Gasteiger partial charge in [-0.3, -0.25) is 9.80 Å². The van der Waals surface area contributed by atoms with Gasteiger partial charge in [-0.2, -0.15) is 0 Å². The summed E-state index contributed by atoms with van der Waals surface area (Å²) in [7, 11) is 4.53. The van der Waals surface area contributed by atoms with E-state index in [4.69, 9.17) is 0 Å². The molecular formula is C15H32N4. The van der Waals surface area contributed by atoms with Crippen LogP contribution in [0.5, 0.6) is 0 Å². The summed E-state index contributed by atoms with van der Waals surface area (Å²) in [5.41, 5.74) is 0. The van der Waals surface area contributed by atoms with E-state index in [0.29, 0.717) is 18.1 Å². The Morgan fingerprint density at radius 2 is 1.89 bits per heavy atom. The molecule has 4 nitrogen and oxygen atoms in total. The SMILES string of the molecule is CC(C)C1CN(CC2CN(C)CCN2C)C(C)CN1. The van der Waals surface area contributed by atoms with Crippen LogP contribution in [0.25, 0.3) is 0 Å². The number of hydrogen-bond donors (Lipinski definition) is 1. The largest absolute Gasteiger partial charge is 0.311 e. The Labute approximate surface area is 119 Å². The van der Waals surface area contributed by atoms with Gasteiger partial charge in [0.25, 0.3) is 0 Å². The van der Waals surface area contributed by atoms with Gasteiger partial charge in [0.15, 0.2) is 0 Å². The average molecular weight is 268 g/mol. The van der Waals surface area contributed by atoms with Gasteiger partial charge in [0.05, 0.1) is 0 Å². The maximum atomic E-state index is 3.69. The molecular weight excluding hydrogens is 236 g/mol. The lowest BCUT2D eigenvalue weighted by Crippen LogP contribution is -2.61. The predicted molar refractivity (Wildman–Crippen MR) is 81.6 cm³/mol. The quantitative estimate of drug-likeness (QED) is 0.807. The Balaban J connectivity index is 1.92. The summed E-state index contributed by atoms with van der Waals surface area (Å²) in [5.74, 6) is 0.724. The predicted octanol–water partition coefficient (Wildman–Crippen LogP) is 0.551. The minimum atomic E-state index is 0.655. The van der Waals surface area contributed by atoms with Crippen LogP contribution in [0.15, 0.2) is 0 Å². The third-order valence-corrected chi connectivity index (χ3v) is 4.96. The van der Waals surface area contributed by atoms with Crippen LogP contribution in [0, 0.1) is 5.92 Å². The molecule has 3 atom stereocenters. The number of likely N-dealkylation sites (N-methyl/N-ethyl adjacent to an activating group) is 2. The molecule has 2 aliphatic heterocycles. The lowest BCUT2D eigenvalue weighted by molar-refractivity contribution is 0.0486. The number of piperazine rings is 2. The summed E-state index contributed by atoms with van der Waals surface area (Å²) < 4.78 is 0. The van der Waals surface area contributed by atoms with Crippen molar-refractivity contribution in [3.8, 4) is 0 Å².